The summed E-state index contributed by atoms with van der Waals surface area (Å²) in [6.07, 6.45) is 3.60. The molecule has 0 aromatic rings. The minimum Gasteiger partial charge on any atom is -0.481 e. The summed E-state index contributed by atoms with van der Waals surface area (Å²) in [7, 11) is 0. The van der Waals surface area contributed by atoms with Crippen LogP contribution in [0.4, 0.5) is 0 Å². The van der Waals surface area contributed by atoms with Crippen molar-refractivity contribution in [2.24, 2.45) is 11.3 Å². The van der Waals surface area contributed by atoms with Crippen molar-refractivity contribution in [3.05, 3.63) is 0 Å². The Kier molecular flexibility index (Phi) is 2.06. The maximum Gasteiger partial charge on any atom is 0.306 e. The molecule has 1 spiro atoms. The lowest BCUT2D eigenvalue weighted by Crippen LogP contribution is -2.48. The van der Waals surface area contributed by atoms with Gasteiger partial charge in [0, 0.05) is 13.1 Å². The second-order valence-corrected chi connectivity index (χ2v) is 4.74. The molecule has 1 aliphatic carbocycles. The first-order chi connectivity index (χ1) is 6.11. The zero-order valence-electron chi connectivity index (χ0n) is 8.12. The molecule has 0 aromatic carbocycles. The first-order valence-electron chi connectivity index (χ1n) is 5.06. The number of carboxylic acids is 1. The van der Waals surface area contributed by atoms with E-state index in [2.05, 4.69) is 4.90 Å². The Morgan fingerprint density at radius 2 is 2.15 bits per heavy atom. The van der Waals surface area contributed by atoms with Gasteiger partial charge in [-0.25, -0.2) is 0 Å². The third kappa shape index (κ3) is 1.85. The molecule has 13 heavy (non-hydrogen) atoms. The Morgan fingerprint density at radius 3 is 2.62 bits per heavy atom. The maximum atomic E-state index is 10.5. The molecule has 2 aliphatic rings. The fourth-order valence-corrected chi connectivity index (χ4v) is 2.05. The third-order valence-corrected chi connectivity index (χ3v) is 3.38. The molecule has 1 aliphatic heterocycles. The van der Waals surface area contributed by atoms with Crippen molar-refractivity contribution in [1.29, 1.82) is 0 Å². The molecule has 1 saturated carbocycles. The highest BCUT2D eigenvalue weighted by Crippen LogP contribution is 2.52. The molecule has 0 aromatic heterocycles. The molecule has 0 amide bonds. The number of likely N-dealkylation sites (tertiary alicyclic amines) is 1. The first kappa shape index (κ1) is 9.00. The monoisotopic (exact) mass is 183 g/mol. The summed E-state index contributed by atoms with van der Waals surface area (Å²) < 4.78 is 0. The van der Waals surface area contributed by atoms with Gasteiger partial charge < -0.3 is 10.0 Å². The van der Waals surface area contributed by atoms with Gasteiger partial charge >= 0.3 is 5.97 Å². The summed E-state index contributed by atoms with van der Waals surface area (Å²) in [5, 5.41) is 8.68. The highest BCUT2D eigenvalue weighted by molar-refractivity contribution is 5.69. The van der Waals surface area contributed by atoms with Crippen LogP contribution in [-0.2, 0) is 4.79 Å². The Bertz CT molecular complexity index is 215. The molecule has 1 unspecified atom stereocenters. The van der Waals surface area contributed by atoms with Crippen molar-refractivity contribution in [3.63, 3.8) is 0 Å². The van der Waals surface area contributed by atoms with Crippen LogP contribution < -0.4 is 0 Å². The molecule has 1 heterocycles. The van der Waals surface area contributed by atoms with Crippen LogP contribution in [0.5, 0.6) is 0 Å². The van der Waals surface area contributed by atoms with Crippen molar-refractivity contribution in [2.45, 2.75) is 26.2 Å². The summed E-state index contributed by atoms with van der Waals surface area (Å²) >= 11 is 0. The highest BCUT2D eigenvalue weighted by atomic mass is 16.4. The summed E-state index contributed by atoms with van der Waals surface area (Å²) in [6, 6.07) is 0. The second kappa shape index (κ2) is 2.98. The van der Waals surface area contributed by atoms with E-state index >= 15 is 0 Å². The van der Waals surface area contributed by atoms with E-state index in [9.17, 15) is 4.79 Å². The van der Waals surface area contributed by atoms with E-state index in [1.165, 1.54) is 25.9 Å². The Morgan fingerprint density at radius 1 is 1.54 bits per heavy atom. The minimum absolute atomic E-state index is 0.184. The molecule has 1 atom stereocenters. The Balaban J connectivity index is 1.61. The van der Waals surface area contributed by atoms with Crippen molar-refractivity contribution >= 4 is 5.97 Å². The van der Waals surface area contributed by atoms with E-state index < -0.39 is 5.97 Å². The average molecular weight is 183 g/mol. The number of carboxylic acid groups (broad SMARTS) is 1. The van der Waals surface area contributed by atoms with Crippen molar-refractivity contribution < 1.29 is 9.90 Å². The lowest BCUT2D eigenvalue weighted by Gasteiger charge is -2.40. The van der Waals surface area contributed by atoms with E-state index in [1.807, 2.05) is 0 Å². The van der Waals surface area contributed by atoms with Crippen LogP contribution in [0.25, 0.3) is 0 Å². The van der Waals surface area contributed by atoms with E-state index in [0.29, 0.717) is 5.41 Å². The van der Waals surface area contributed by atoms with Crippen LogP contribution in [0.1, 0.15) is 26.2 Å². The van der Waals surface area contributed by atoms with Gasteiger partial charge in [0.05, 0.1) is 5.92 Å². The van der Waals surface area contributed by atoms with E-state index in [-0.39, 0.29) is 5.92 Å². The quantitative estimate of drug-likeness (QED) is 0.711. The minimum atomic E-state index is -0.665. The van der Waals surface area contributed by atoms with Crippen LogP contribution in [0, 0.1) is 11.3 Å². The molecule has 2 rings (SSSR count). The van der Waals surface area contributed by atoms with Crippen LogP contribution in [0.3, 0.4) is 0 Å². The van der Waals surface area contributed by atoms with Gasteiger partial charge in [-0.1, -0.05) is 6.92 Å². The predicted octanol–water partition coefficient (Wildman–Crippen LogP) is 1.19. The summed E-state index contributed by atoms with van der Waals surface area (Å²) in [5.41, 5.74) is 0.701. The number of carbonyl (C=O) groups is 1. The van der Waals surface area contributed by atoms with Crippen molar-refractivity contribution in [1.82, 2.24) is 4.90 Å². The molecule has 1 saturated heterocycles. The highest BCUT2D eigenvalue weighted by Gasteiger charge is 2.51. The normalized spacial score (nSPS) is 26.8. The second-order valence-electron chi connectivity index (χ2n) is 4.74. The van der Waals surface area contributed by atoms with Crippen molar-refractivity contribution in [2.75, 3.05) is 19.6 Å². The van der Waals surface area contributed by atoms with Crippen LogP contribution in [-0.4, -0.2) is 35.6 Å². The molecular weight excluding hydrogens is 166 g/mol. The number of aliphatic carboxylic acids is 1. The molecule has 0 bridgehead atoms. The smallest absolute Gasteiger partial charge is 0.306 e. The lowest BCUT2D eigenvalue weighted by molar-refractivity contribution is -0.141. The summed E-state index contributed by atoms with van der Waals surface area (Å²) in [5.74, 6) is -0.850. The molecule has 2 fully saturated rings. The zero-order valence-corrected chi connectivity index (χ0v) is 8.12. The van der Waals surface area contributed by atoms with Gasteiger partial charge in [-0.15, -0.1) is 0 Å². The van der Waals surface area contributed by atoms with Crippen LogP contribution in [0.15, 0.2) is 0 Å². The van der Waals surface area contributed by atoms with Gasteiger partial charge in [0.2, 0.25) is 0 Å². The van der Waals surface area contributed by atoms with Crippen LogP contribution >= 0.6 is 0 Å². The van der Waals surface area contributed by atoms with E-state index in [4.69, 9.17) is 5.11 Å². The predicted molar refractivity (Wildman–Crippen MR) is 49.5 cm³/mol. The third-order valence-electron chi connectivity index (χ3n) is 3.38. The van der Waals surface area contributed by atoms with Gasteiger partial charge in [0.1, 0.15) is 0 Å². The standard InChI is InChI=1S/C10H17NO2/c1-8(9(12)13)2-5-11-6-10(7-11)3-4-10/h8H,2-7H2,1H3,(H,12,13). The molecule has 3 nitrogen and oxygen atoms in total. The maximum absolute atomic E-state index is 10.5. The largest absolute Gasteiger partial charge is 0.481 e. The lowest BCUT2D eigenvalue weighted by atomic mass is 9.96. The van der Waals surface area contributed by atoms with Gasteiger partial charge in [-0.3, -0.25) is 4.79 Å². The molecule has 1 N–H and O–H groups in total. The summed E-state index contributed by atoms with van der Waals surface area (Å²) in [4.78, 5) is 12.9. The molecule has 74 valence electrons. The van der Waals surface area contributed by atoms with E-state index in [0.717, 1.165) is 13.0 Å². The number of nitrogens with zero attached hydrogens (tertiary/aromatic N) is 1. The van der Waals surface area contributed by atoms with Gasteiger partial charge in [0.25, 0.3) is 0 Å². The number of rotatable bonds is 4. The molecular formula is C10H17NO2. The zero-order chi connectivity index (χ0) is 9.47. The van der Waals surface area contributed by atoms with Crippen molar-refractivity contribution in [3.8, 4) is 0 Å². The van der Waals surface area contributed by atoms with Gasteiger partial charge in [0.15, 0.2) is 0 Å². The number of hydrogen-bond donors (Lipinski definition) is 1. The van der Waals surface area contributed by atoms with Gasteiger partial charge in [-0.2, -0.15) is 0 Å². The average Bonchev–Trinajstić information content (AvgIpc) is 2.76. The summed E-state index contributed by atoms with van der Waals surface area (Å²) in [6.45, 7) is 5.20. The molecule has 3 heteroatoms. The fraction of sp³-hybridized carbons (Fsp3) is 0.900. The van der Waals surface area contributed by atoms with Crippen LogP contribution in [0.2, 0.25) is 0 Å². The Hall–Kier alpha value is -0.570. The van der Waals surface area contributed by atoms with E-state index in [1.54, 1.807) is 6.92 Å². The van der Waals surface area contributed by atoms with Gasteiger partial charge in [-0.05, 0) is 31.2 Å². The topological polar surface area (TPSA) is 40.5 Å². The molecule has 0 radical (unpaired) electrons. The Labute approximate surface area is 78.7 Å². The first-order valence-corrected chi connectivity index (χ1v) is 5.06. The SMILES string of the molecule is CC(CCN1CC2(CC2)C1)C(=O)O. The fourth-order valence-electron chi connectivity index (χ4n) is 2.05. The number of hydrogen-bond acceptors (Lipinski definition) is 2.